The second kappa shape index (κ2) is 7.78. The molecule has 0 spiro atoms. The van der Waals surface area contributed by atoms with Crippen LogP contribution in [-0.2, 0) is 22.8 Å². The molecule has 2 aromatic carbocycles. The second-order valence-corrected chi connectivity index (χ2v) is 5.86. The molecule has 0 unspecified atom stereocenters. The van der Waals surface area contributed by atoms with Crippen molar-refractivity contribution in [3.05, 3.63) is 70.1 Å². The van der Waals surface area contributed by atoms with E-state index in [9.17, 15) is 4.39 Å². The molecule has 0 saturated heterocycles. The fraction of sp³-hybridized carbons (Fsp3) is 0.211. The first kappa shape index (κ1) is 17.6. The predicted octanol–water partition coefficient (Wildman–Crippen LogP) is 4.70. The van der Waals surface area contributed by atoms with Crippen molar-refractivity contribution in [2.45, 2.75) is 13.0 Å². The molecule has 6 heteroatoms. The Bertz CT molecular complexity index is 884. The van der Waals surface area contributed by atoms with Crippen LogP contribution >= 0.6 is 11.6 Å². The molecule has 3 rings (SSSR count). The Morgan fingerprint density at radius 1 is 1.04 bits per heavy atom. The SMILES string of the molecule is COOCc1ccc2cc(Cc3ccc(F)cc3)c(Cl)nc2c1OC. The summed E-state index contributed by atoms with van der Waals surface area (Å²) in [6.07, 6.45) is 0.568. The lowest BCUT2D eigenvalue weighted by atomic mass is 10.0. The fourth-order valence-corrected chi connectivity index (χ4v) is 2.89. The van der Waals surface area contributed by atoms with Crippen LogP contribution in [0, 0.1) is 5.82 Å². The molecular formula is C19H17ClFNO3. The highest BCUT2D eigenvalue weighted by Crippen LogP contribution is 2.32. The van der Waals surface area contributed by atoms with Gasteiger partial charge in [-0.25, -0.2) is 19.1 Å². The molecule has 0 radical (unpaired) electrons. The number of hydrogen-bond acceptors (Lipinski definition) is 4. The van der Waals surface area contributed by atoms with E-state index in [0.717, 1.165) is 22.1 Å². The van der Waals surface area contributed by atoms with Crippen LogP contribution in [0.4, 0.5) is 4.39 Å². The number of nitrogens with zero attached hydrogens (tertiary/aromatic N) is 1. The number of hydrogen-bond donors (Lipinski definition) is 0. The zero-order valence-electron chi connectivity index (χ0n) is 13.9. The summed E-state index contributed by atoms with van der Waals surface area (Å²) in [4.78, 5) is 14.1. The van der Waals surface area contributed by atoms with E-state index in [0.29, 0.717) is 22.8 Å². The Morgan fingerprint density at radius 2 is 1.80 bits per heavy atom. The third-order valence-electron chi connectivity index (χ3n) is 3.89. The molecule has 0 aliphatic heterocycles. The largest absolute Gasteiger partial charge is 0.494 e. The Labute approximate surface area is 150 Å². The van der Waals surface area contributed by atoms with Crippen molar-refractivity contribution >= 4 is 22.5 Å². The van der Waals surface area contributed by atoms with Crippen LogP contribution in [0.1, 0.15) is 16.7 Å². The van der Waals surface area contributed by atoms with E-state index in [-0.39, 0.29) is 12.4 Å². The number of methoxy groups -OCH3 is 1. The Balaban J connectivity index is 2.00. The van der Waals surface area contributed by atoms with Gasteiger partial charge in [0.2, 0.25) is 0 Å². The van der Waals surface area contributed by atoms with Gasteiger partial charge in [0.1, 0.15) is 23.1 Å². The van der Waals surface area contributed by atoms with Gasteiger partial charge >= 0.3 is 0 Å². The number of halogens is 2. The Hall–Kier alpha value is -2.21. The van der Waals surface area contributed by atoms with Gasteiger partial charge in [0, 0.05) is 17.4 Å². The van der Waals surface area contributed by atoms with Crippen LogP contribution in [0.25, 0.3) is 10.9 Å². The van der Waals surface area contributed by atoms with Crippen LogP contribution < -0.4 is 4.74 Å². The number of fused-ring (bicyclic) bond motifs is 1. The summed E-state index contributed by atoms with van der Waals surface area (Å²) in [6.45, 7) is 0.242. The molecular weight excluding hydrogens is 345 g/mol. The van der Waals surface area contributed by atoms with E-state index in [4.69, 9.17) is 21.2 Å². The summed E-state index contributed by atoms with van der Waals surface area (Å²) in [6, 6.07) is 12.1. The van der Waals surface area contributed by atoms with Crippen LogP contribution in [0.2, 0.25) is 5.15 Å². The monoisotopic (exact) mass is 361 g/mol. The number of rotatable bonds is 6. The summed E-state index contributed by atoms with van der Waals surface area (Å²) >= 11 is 6.37. The van der Waals surface area contributed by atoms with Crippen molar-refractivity contribution in [2.24, 2.45) is 0 Å². The molecule has 0 fully saturated rings. The van der Waals surface area contributed by atoms with E-state index >= 15 is 0 Å². The van der Waals surface area contributed by atoms with Gasteiger partial charge in [0.05, 0.1) is 14.2 Å². The average Bonchev–Trinajstić information content (AvgIpc) is 2.62. The van der Waals surface area contributed by atoms with E-state index in [1.165, 1.54) is 19.2 Å². The molecule has 0 bridgehead atoms. The molecule has 0 aliphatic rings. The van der Waals surface area contributed by atoms with Crippen LogP contribution in [0.3, 0.4) is 0 Å². The first-order chi connectivity index (χ1) is 12.1. The normalized spacial score (nSPS) is 11.0. The quantitative estimate of drug-likeness (QED) is 0.362. The second-order valence-electron chi connectivity index (χ2n) is 5.50. The topological polar surface area (TPSA) is 40.6 Å². The maximum atomic E-state index is 13.1. The highest BCUT2D eigenvalue weighted by Gasteiger charge is 2.13. The summed E-state index contributed by atoms with van der Waals surface area (Å²) in [5.41, 5.74) is 3.30. The van der Waals surface area contributed by atoms with E-state index in [1.807, 2.05) is 18.2 Å². The minimum Gasteiger partial charge on any atom is -0.494 e. The van der Waals surface area contributed by atoms with Crippen molar-refractivity contribution in [2.75, 3.05) is 14.2 Å². The minimum atomic E-state index is -0.262. The first-order valence-electron chi connectivity index (χ1n) is 7.67. The molecule has 1 aromatic heterocycles. The summed E-state index contributed by atoms with van der Waals surface area (Å²) in [7, 11) is 3.03. The lowest BCUT2D eigenvalue weighted by molar-refractivity contribution is -0.282. The molecule has 0 amide bonds. The van der Waals surface area contributed by atoms with E-state index < -0.39 is 0 Å². The lowest BCUT2D eigenvalue weighted by Crippen LogP contribution is -1.99. The van der Waals surface area contributed by atoms with Gasteiger partial charge < -0.3 is 4.74 Å². The molecule has 0 atom stereocenters. The predicted molar refractivity (Wildman–Crippen MR) is 94.3 cm³/mol. The maximum Gasteiger partial charge on any atom is 0.150 e. The molecule has 4 nitrogen and oxygen atoms in total. The maximum absolute atomic E-state index is 13.1. The number of aromatic nitrogens is 1. The zero-order valence-corrected chi connectivity index (χ0v) is 14.6. The molecule has 130 valence electrons. The summed E-state index contributed by atoms with van der Waals surface area (Å²) < 4.78 is 18.5. The minimum absolute atomic E-state index is 0.242. The van der Waals surface area contributed by atoms with Gasteiger partial charge in [-0.1, -0.05) is 35.9 Å². The van der Waals surface area contributed by atoms with Gasteiger partial charge in [-0.2, -0.15) is 0 Å². The smallest absolute Gasteiger partial charge is 0.150 e. The van der Waals surface area contributed by atoms with Gasteiger partial charge in [-0.05, 0) is 29.3 Å². The zero-order chi connectivity index (χ0) is 17.8. The highest BCUT2D eigenvalue weighted by molar-refractivity contribution is 6.30. The first-order valence-corrected chi connectivity index (χ1v) is 8.05. The van der Waals surface area contributed by atoms with Gasteiger partial charge in [0.25, 0.3) is 0 Å². The number of ether oxygens (including phenoxy) is 1. The van der Waals surface area contributed by atoms with Crippen molar-refractivity contribution in [3.63, 3.8) is 0 Å². The summed E-state index contributed by atoms with van der Waals surface area (Å²) in [5.74, 6) is 0.340. The Kier molecular flexibility index (Phi) is 5.48. The van der Waals surface area contributed by atoms with Crippen LogP contribution in [0.5, 0.6) is 5.75 Å². The van der Waals surface area contributed by atoms with Gasteiger partial charge in [-0.3, -0.25) is 0 Å². The summed E-state index contributed by atoms with van der Waals surface area (Å²) in [5, 5.41) is 1.29. The fourth-order valence-electron chi connectivity index (χ4n) is 2.69. The van der Waals surface area contributed by atoms with Crippen molar-refractivity contribution in [3.8, 4) is 5.75 Å². The molecule has 3 aromatic rings. The molecule has 25 heavy (non-hydrogen) atoms. The molecule has 0 aliphatic carbocycles. The van der Waals surface area contributed by atoms with Crippen LogP contribution in [-0.4, -0.2) is 19.2 Å². The van der Waals surface area contributed by atoms with Crippen molar-refractivity contribution < 1.29 is 18.9 Å². The number of benzene rings is 2. The lowest BCUT2D eigenvalue weighted by Gasteiger charge is -2.13. The standard InChI is InChI=1S/C19H17ClFNO3/c1-23-18-14(11-25-24-2)6-5-13-10-15(19(20)22-17(13)18)9-12-3-7-16(21)8-4-12/h3-8,10H,9,11H2,1-2H3. The van der Waals surface area contributed by atoms with E-state index in [1.54, 1.807) is 19.2 Å². The van der Waals surface area contributed by atoms with Gasteiger partial charge in [-0.15, -0.1) is 0 Å². The number of pyridine rings is 1. The van der Waals surface area contributed by atoms with E-state index in [2.05, 4.69) is 9.87 Å². The highest BCUT2D eigenvalue weighted by atomic mass is 35.5. The van der Waals surface area contributed by atoms with Gasteiger partial charge in [0.15, 0.2) is 5.75 Å². The molecule has 0 saturated carbocycles. The molecule has 0 N–H and O–H groups in total. The third-order valence-corrected chi connectivity index (χ3v) is 4.22. The molecule has 1 heterocycles. The average molecular weight is 362 g/mol. The van der Waals surface area contributed by atoms with Crippen molar-refractivity contribution in [1.82, 2.24) is 4.98 Å². The van der Waals surface area contributed by atoms with Crippen LogP contribution in [0.15, 0.2) is 42.5 Å². The Morgan fingerprint density at radius 3 is 2.48 bits per heavy atom. The third kappa shape index (κ3) is 3.90. The van der Waals surface area contributed by atoms with Crippen molar-refractivity contribution in [1.29, 1.82) is 0 Å².